The highest BCUT2D eigenvalue weighted by Gasteiger charge is 2.52. The lowest BCUT2D eigenvalue weighted by Crippen LogP contribution is -2.59. The molecule has 3 N–H and O–H groups in total. The van der Waals surface area contributed by atoms with Crippen molar-refractivity contribution >= 4 is 17.8 Å². The van der Waals surface area contributed by atoms with E-state index in [2.05, 4.69) is 10.6 Å². The second-order valence-electron chi connectivity index (χ2n) is 5.46. The van der Waals surface area contributed by atoms with E-state index in [0.717, 1.165) is 12.8 Å². The van der Waals surface area contributed by atoms with Crippen molar-refractivity contribution < 1.29 is 19.5 Å². The molecule has 0 aromatic carbocycles. The highest BCUT2D eigenvalue weighted by atomic mass is 16.4. The molecule has 2 bridgehead atoms. The van der Waals surface area contributed by atoms with E-state index in [-0.39, 0.29) is 37.0 Å². The summed E-state index contributed by atoms with van der Waals surface area (Å²) < 4.78 is 0. The van der Waals surface area contributed by atoms with Crippen molar-refractivity contribution in [1.82, 2.24) is 15.5 Å². The van der Waals surface area contributed by atoms with Crippen molar-refractivity contribution in [3.05, 3.63) is 0 Å². The van der Waals surface area contributed by atoms with Crippen LogP contribution in [-0.2, 0) is 14.4 Å². The summed E-state index contributed by atoms with van der Waals surface area (Å²) in [5.74, 6) is -1.43. The molecule has 3 aliphatic heterocycles. The monoisotopic (exact) mass is 267 g/mol. The molecule has 0 aliphatic carbocycles. The number of rotatable bonds is 2. The fraction of sp³-hybridized carbons (Fsp3) is 0.750. The number of nitrogens with zero attached hydrogens (tertiary/aromatic N) is 1. The van der Waals surface area contributed by atoms with Crippen LogP contribution >= 0.6 is 0 Å². The van der Waals surface area contributed by atoms with E-state index in [1.165, 1.54) is 0 Å². The Balaban J connectivity index is 1.71. The van der Waals surface area contributed by atoms with E-state index >= 15 is 0 Å². The fourth-order valence-corrected chi connectivity index (χ4v) is 3.52. The molecule has 19 heavy (non-hydrogen) atoms. The number of amides is 2. The van der Waals surface area contributed by atoms with Crippen LogP contribution in [0.3, 0.4) is 0 Å². The molecule has 3 heterocycles. The van der Waals surface area contributed by atoms with E-state index in [1.54, 1.807) is 4.90 Å². The molecule has 3 fully saturated rings. The largest absolute Gasteiger partial charge is 0.481 e. The molecule has 3 rings (SSSR count). The number of carboxylic acid groups (broad SMARTS) is 1. The Labute approximate surface area is 110 Å². The van der Waals surface area contributed by atoms with Crippen molar-refractivity contribution in [3.63, 3.8) is 0 Å². The summed E-state index contributed by atoms with van der Waals surface area (Å²) >= 11 is 0. The van der Waals surface area contributed by atoms with E-state index in [4.69, 9.17) is 5.11 Å². The van der Waals surface area contributed by atoms with Crippen LogP contribution in [0.1, 0.15) is 19.3 Å². The molecule has 104 valence electrons. The summed E-state index contributed by atoms with van der Waals surface area (Å²) in [7, 11) is 0. The van der Waals surface area contributed by atoms with Crippen LogP contribution in [0, 0.1) is 5.92 Å². The van der Waals surface area contributed by atoms with Crippen molar-refractivity contribution in [1.29, 1.82) is 0 Å². The van der Waals surface area contributed by atoms with Crippen LogP contribution in [0.25, 0.3) is 0 Å². The average molecular weight is 267 g/mol. The summed E-state index contributed by atoms with van der Waals surface area (Å²) in [5, 5.41) is 14.7. The molecule has 4 atom stereocenters. The number of carbonyl (C=O) groups excluding carboxylic acids is 2. The first-order chi connectivity index (χ1) is 9.08. The summed E-state index contributed by atoms with van der Waals surface area (Å²) in [5.41, 5.74) is 0. The van der Waals surface area contributed by atoms with Gasteiger partial charge in [-0.2, -0.15) is 0 Å². The number of hydrogen-bond donors (Lipinski definition) is 3. The molecule has 0 radical (unpaired) electrons. The van der Waals surface area contributed by atoms with Crippen LogP contribution in [0.4, 0.5) is 0 Å². The van der Waals surface area contributed by atoms with E-state index < -0.39 is 17.9 Å². The zero-order valence-corrected chi connectivity index (χ0v) is 10.5. The Kier molecular flexibility index (Phi) is 2.93. The zero-order chi connectivity index (χ0) is 13.6. The van der Waals surface area contributed by atoms with Gasteiger partial charge in [0, 0.05) is 18.6 Å². The minimum absolute atomic E-state index is 0.0537. The standard InChI is InChI=1S/C12H17N3O4/c16-10-5-13-8(4-14-10)11(17)15-6-1-2-9(15)7(3-6)12(18)19/h6-9,13H,1-5H2,(H,14,16)(H,18,19). The molecule has 7 nitrogen and oxygen atoms in total. The zero-order valence-electron chi connectivity index (χ0n) is 10.5. The van der Waals surface area contributed by atoms with Crippen LogP contribution in [0.2, 0.25) is 0 Å². The summed E-state index contributed by atoms with van der Waals surface area (Å²) in [6.07, 6.45) is 2.22. The van der Waals surface area contributed by atoms with Crippen molar-refractivity contribution in [2.24, 2.45) is 5.92 Å². The number of carbonyl (C=O) groups is 3. The van der Waals surface area contributed by atoms with Crippen LogP contribution < -0.4 is 10.6 Å². The van der Waals surface area contributed by atoms with Crippen LogP contribution in [0.15, 0.2) is 0 Å². The first-order valence-electron chi connectivity index (χ1n) is 6.63. The minimum Gasteiger partial charge on any atom is -0.481 e. The predicted molar refractivity (Wildman–Crippen MR) is 64.2 cm³/mol. The molecular weight excluding hydrogens is 250 g/mol. The van der Waals surface area contributed by atoms with Crippen molar-refractivity contribution in [2.45, 2.75) is 37.4 Å². The Hall–Kier alpha value is -1.63. The van der Waals surface area contributed by atoms with Gasteiger partial charge in [-0.05, 0) is 19.3 Å². The van der Waals surface area contributed by atoms with Gasteiger partial charge in [0.25, 0.3) is 0 Å². The molecule has 0 saturated carbocycles. The fourth-order valence-electron chi connectivity index (χ4n) is 3.52. The lowest BCUT2D eigenvalue weighted by Gasteiger charge is -2.30. The molecule has 4 unspecified atom stereocenters. The van der Waals surface area contributed by atoms with Crippen LogP contribution in [-0.4, -0.2) is 59.0 Å². The van der Waals surface area contributed by atoms with Crippen molar-refractivity contribution in [2.75, 3.05) is 13.1 Å². The van der Waals surface area contributed by atoms with Crippen molar-refractivity contribution in [3.8, 4) is 0 Å². The highest BCUT2D eigenvalue weighted by molar-refractivity contribution is 5.88. The lowest BCUT2D eigenvalue weighted by molar-refractivity contribution is -0.143. The third kappa shape index (κ3) is 1.98. The van der Waals surface area contributed by atoms with Gasteiger partial charge in [-0.3, -0.25) is 19.7 Å². The van der Waals surface area contributed by atoms with Gasteiger partial charge in [-0.1, -0.05) is 0 Å². The number of carboxylic acids is 1. The molecule has 0 spiro atoms. The van der Waals surface area contributed by atoms with Gasteiger partial charge in [0.05, 0.1) is 12.5 Å². The van der Waals surface area contributed by atoms with Gasteiger partial charge in [0.15, 0.2) is 0 Å². The Bertz CT molecular complexity index is 429. The maximum atomic E-state index is 12.5. The van der Waals surface area contributed by atoms with E-state index in [0.29, 0.717) is 6.42 Å². The number of fused-ring (bicyclic) bond motifs is 2. The quantitative estimate of drug-likeness (QED) is 0.568. The maximum Gasteiger partial charge on any atom is 0.308 e. The number of aliphatic carboxylic acids is 1. The van der Waals surface area contributed by atoms with E-state index in [9.17, 15) is 14.4 Å². The van der Waals surface area contributed by atoms with Gasteiger partial charge in [-0.25, -0.2) is 0 Å². The molecule has 3 aliphatic rings. The topological polar surface area (TPSA) is 98.7 Å². The van der Waals surface area contributed by atoms with Crippen LogP contribution in [0.5, 0.6) is 0 Å². The molecule has 3 saturated heterocycles. The minimum atomic E-state index is -0.810. The lowest BCUT2D eigenvalue weighted by atomic mass is 9.89. The average Bonchev–Trinajstić information content (AvgIpc) is 2.96. The normalized spacial score (nSPS) is 37.3. The number of piperazine rings is 1. The molecule has 0 aromatic heterocycles. The van der Waals surface area contributed by atoms with Gasteiger partial charge >= 0.3 is 5.97 Å². The molecular formula is C12H17N3O4. The molecule has 7 heteroatoms. The summed E-state index contributed by atoms with van der Waals surface area (Å²) in [4.78, 5) is 36.4. The first-order valence-corrected chi connectivity index (χ1v) is 6.63. The highest BCUT2D eigenvalue weighted by Crippen LogP contribution is 2.42. The summed E-state index contributed by atoms with van der Waals surface area (Å²) in [6.45, 7) is 0.424. The number of nitrogens with one attached hydrogen (secondary N) is 2. The molecule has 0 aromatic rings. The Morgan fingerprint density at radius 2 is 2.11 bits per heavy atom. The second-order valence-corrected chi connectivity index (χ2v) is 5.46. The Morgan fingerprint density at radius 1 is 1.32 bits per heavy atom. The third-order valence-corrected chi connectivity index (χ3v) is 4.42. The maximum absolute atomic E-state index is 12.5. The van der Waals surface area contributed by atoms with E-state index in [1.807, 2.05) is 0 Å². The predicted octanol–water partition coefficient (Wildman–Crippen LogP) is -1.46. The van der Waals surface area contributed by atoms with Gasteiger partial charge in [0.1, 0.15) is 6.04 Å². The first kappa shape index (κ1) is 12.4. The SMILES string of the molecule is O=C1CNC(C(=O)N2C3CCC2C(C(=O)O)C3)CN1. The smallest absolute Gasteiger partial charge is 0.308 e. The third-order valence-electron chi connectivity index (χ3n) is 4.42. The van der Waals surface area contributed by atoms with Gasteiger partial charge in [0.2, 0.25) is 11.8 Å². The number of hydrogen-bond acceptors (Lipinski definition) is 4. The second kappa shape index (κ2) is 4.48. The molecule has 2 amide bonds. The van der Waals surface area contributed by atoms with Gasteiger partial charge < -0.3 is 15.3 Å². The summed E-state index contributed by atoms with van der Waals surface area (Å²) in [6, 6.07) is -0.541. The van der Waals surface area contributed by atoms with Gasteiger partial charge in [-0.15, -0.1) is 0 Å². The Morgan fingerprint density at radius 3 is 2.68 bits per heavy atom.